The van der Waals surface area contributed by atoms with Crippen LogP contribution in [0.25, 0.3) is 0 Å². The number of phenolic OH excluding ortho intramolecular Hbond substituents is 1. The predicted molar refractivity (Wildman–Crippen MR) is 50.5 cm³/mol. The van der Waals surface area contributed by atoms with E-state index in [1.54, 1.807) is 0 Å². The second kappa shape index (κ2) is 3.28. The van der Waals surface area contributed by atoms with Crippen molar-refractivity contribution in [3.05, 3.63) is 23.8 Å². The Bertz CT molecular complexity index is 481. The van der Waals surface area contributed by atoms with E-state index in [2.05, 4.69) is 0 Å². The quantitative estimate of drug-likeness (QED) is 0.384. The molecule has 7 heteroatoms. The van der Waals surface area contributed by atoms with Crippen LogP contribution in [0.3, 0.4) is 0 Å². The molecule has 0 fully saturated rings. The molecule has 0 aromatic heterocycles. The fraction of sp³-hybridized carbons (Fsp3) is 0. The number of nitrogens with two attached hydrogens (primary N) is 2. The van der Waals surface area contributed by atoms with Gasteiger partial charge in [0.25, 0.3) is 0 Å². The summed E-state index contributed by atoms with van der Waals surface area (Å²) in [5, 5.41) is 21.2. The molecule has 1 aromatic carbocycles. The number of primary sulfonamides is 1. The minimum Gasteiger partial charge on any atom is -0.507 e. The Morgan fingerprint density at radius 1 is 1.43 bits per heavy atom. The van der Waals surface area contributed by atoms with Crippen molar-refractivity contribution < 1.29 is 13.5 Å². The number of amidine groups is 1. The zero-order valence-electron chi connectivity index (χ0n) is 7.06. The Labute approximate surface area is 80.7 Å². The van der Waals surface area contributed by atoms with Crippen LogP contribution in [-0.2, 0) is 10.0 Å². The largest absolute Gasteiger partial charge is 0.507 e. The van der Waals surface area contributed by atoms with E-state index in [4.69, 9.17) is 16.3 Å². The molecule has 0 unspecified atom stereocenters. The van der Waals surface area contributed by atoms with Crippen LogP contribution in [0, 0.1) is 5.41 Å². The summed E-state index contributed by atoms with van der Waals surface area (Å²) >= 11 is 0. The molecule has 1 rings (SSSR count). The summed E-state index contributed by atoms with van der Waals surface area (Å²) in [4.78, 5) is -0.222. The Hall–Kier alpha value is -1.60. The smallest absolute Gasteiger partial charge is 0.238 e. The third-order valence-electron chi connectivity index (χ3n) is 1.59. The van der Waals surface area contributed by atoms with E-state index in [1.807, 2.05) is 0 Å². The summed E-state index contributed by atoms with van der Waals surface area (Å²) in [6.07, 6.45) is 0. The number of hydrogen-bond donors (Lipinski definition) is 4. The van der Waals surface area contributed by atoms with Crippen LogP contribution in [0.1, 0.15) is 5.56 Å². The van der Waals surface area contributed by atoms with E-state index in [0.29, 0.717) is 0 Å². The van der Waals surface area contributed by atoms with Crippen LogP contribution in [-0.4, -0.2) is 19.4 Å². The molecule has 0 aliphatic rings. The summed E-state index contributed by atoms with van der Waals surface area (Å²) < 4.78 is 21.7. The minimum atomic E-state index is -3.84. The standard InChI is InChI=1S/C7H9N3O3S/c8-7(9)5-2-1-4(3-6(5)11)14(10,12)13/h1-3,11H,(H3,8,9)(H2,10,12,13). The zero-order chi connectivity index (χ0) is 10.9. The molecular formula is C7H9N3O3S. The maximum absolute atomic E-state index is 10.8. The fourth-order valence-corrected chi connectivity index (χ4v) is 1.45. The average Bonchev–Trinajstić information content (AvgIpc) is 2.01. The number of nitrogens with one attached hydrogen (secondary N) is 1. The van der Waals surface area contributed by atoms with Gasteiger partial charge in [0.2, 0.25) is 10.0 Å². The van der Waals surface area contributed by atoms with Crippen molar-refractivity contribution in [3.8, 4) is 5.75 Å². The third kappa shape index (κ3) is 2.01. The molecule has 76 valence electrons. The number of sulfonamides is 1. The molecule has 0 atom stereocenters. The van der Waals surface area contributed by atoms with Crippen LogP contribution in [0.5, 0.6) is 5.75 Å². The van der Waals surface area contributed by atoms with Crippen molar-refractivity contribution in [1.82, 2.24) is 0 Å². The Morgan fingerprint density at radius 2 is 2.00 bits per heavy atom. The van der Waals surface area contributed by atoms with E-state index in [1.165, 1.54) is 12.1 Å². The van der Waals surface area contributed by atoms with Crippen LogP contribution >= 0.6 is 0 Å². The molecule has 14 heavy (non-hydrogen) atoms. The van der Waals surface area contributed by atoms with Crippen molar-refractivity contribution >= 4 is 15.9 Å². The van der Waals surface area contributed by atoms with Gasteiger partial charge in [0.1, 0.15) is 11.6 Å². The molecule has 0 aliphatic heterocycles. The van der Waals surface area contributed by atoms with Gasteiger partial charge in [-0.2, -0.15) is 0 Å². The van der Waals surface area contributed by atoms with E-state index in [9.17, 15) is 13.5 Å². The van der Waals surface area contributed by atoms with Crippen molar-refractivity contribution in [2.24, 2.45) is 10.9 Å². The molecule has 0 saturated heterocycles. The Kier molecular flexibility index (Phi) is 2.45. The lowest BCUT2D eigenvalue weighted by molar-refractivity contribution is 0.472. The van der Waals surface area contributed by atoms with Gasteiger partial charge in [-0.3, -0.25) is 5.41 Å². The first kappa shape index (κ1) is 10.5. The fourth-order valence-electron chi connectivity index (χ4n) is 0.916. The first-order valence-corrected chi connectivity index (χ1v) is 5.07. The summed E-state index contributed by atoms with van der Waals surface area (Å²) in [7, 11) is -3.84. The van der Waals surface area contributed by atoms with Crippen LogP contribution < -0.4 is 10.9 Å². The number of benzene rings is 1. The van der Waals surface area contributed by atoms with Gasteiger partial charge in [-0.15, -0.1) is 0 Å². The zero-order valence-corrected chi connectivity index (χ0v) is 7.88. The Balaban J connectivity index is 3.34. The molecule has 0 heterocycles. The highest BCUT2D eigenvalue weighted by Crippen LogP contribution is 2.20. The van der Waals surface area contributed by atoms with Crippen LogP contribution in [0.4, 0.5) is 0 Å². The number of phenols is 1. The monoisotopic (exact) mass is 215 g/mol. The van der Waals surface area contributed by atoms with Crippen molar-refractivity contribution in [2.45, 2.75) is 4.90 Å². The highest BCUT2D eigenvalue weighted by Gasteiger charge is 2.11. The van der Waals surface area contributed by atoms with E-state index >= 15 is 0 Å². The number of nitrogen functional groups attached to an aromatic ring is 1. The van der Waals surface area contributed by atoms with Gasteiger partial charge in [0.15, 0.2) is 0 Å². The molecule has 0 radical (unpaired) electrons. The SMILES string of the molecule is N=C(N)c1ccc(S(N)(=O)=O)cc1O. The maximum Gasteiger partial charge on any atom is 0.238 e. The van der Waals surface area contributed by atoms with Gasteiger partial charge in [0, 0.05) is 6.07 Å². The van der Waals surface area contributed by atoms with Crippen molar-refractivity contribution in [3.63, 3.8) is 0 Å². The second-order valence-corrected chi connectivity index (χ2v) is 4.20. The van der Waals surface area contributed by atoms with Gasteiger partial charge in [0.05, 0.1) is 10.5 Å². The van der Waals surface area contributed by atoms with Crippen molar-refractivity contribution in [2.75, 3.05) is 0 Å². The van der Waals surface area contributed by atoms with Gasteiger partial charge in [-0.05, 0) is 12.1 Å². The topological polar surface area (TPSA) is 130 Å². The normalized spacial score (nSPS) is 11.2. The molecule has 1 aromatic rings. The van der Waals surface area contributed by atoms with E-state index in [-0.39, 0.29) is 22.0 Å². The van der Waals surface area contributed by atoms with Crippen molar-refractivity contribution in [1.29, 1.82) is 5.41 Å². The van der Waals surface area contributed by atoms with Crippen LogP contribution in [0.2, 0.25) is 0 Å². The Morgan fingerprint density at radius 3 is 2.36 bits per heavy atom. The lowest BCUT2D eigenvalue weighted by Gasteiger charge is -2.03. The maximum atomic E-state index is 10.8. The summed E-state index contributed by atoms with van der Waals surface area (Å²) in [6.45, 7) is 0. The van der Waals surface area contributed by atoms with E-state index < -0.39 is 10.0 Å². The molecule has 0 bridgehead atoms. The number of rotatable bonds is 2. The predicted octanol–water partition coefficient (Wildman–Crippen LogP) is -0.676. The first-order valence-electron chi connectivity index (χ1n) is 3.52. The highest BCUT2D eigenvalue weighted by atomic mass is 32.2. The summed E-state index contributed by atoms with van der Waals surface area (Å²) in [5.41, 5.74) is 5.18. The molecule has 6 nitrogen and oxygen atoms in total. The third-order valence-corrected chi connectivity index (χ3v) is 2.50. The lowest BCUT2D eigenvalue weighted by atomic mass is 10.2. The molecule has 0 aliphatic carbocycles. The van der Waals surface area contributed by atoms with Gasteiger partial charge in [-0.1, -0.05) is 0 Å². The second-order valence-electron chi connectivity index (χ2n) is 2.64. The number of aromatic hydroxyl groups is 1. The van der Waals surface area contributed by atoms with Gasteiger partial charge in [-0.25, -0.2) is 13.6 Å². The summed E-state index contributed by atoms with van der Waals surface area (Å²) in [6, 6.07) is 3.34. The average molecular weight is 215 g/mol. The summed E-state index contributed by atoms with van der Waals surface area (Å²) in [5.74, 6) is -0.729. The number of hydrogen-bond acceptors (Lipinski definition) is 4. The molecule has 0 spiro atoms. The first-order chi connectivity index (χ1) is 6.32. The van der Waals surface area contributed by atoms with Gasteiger partial charge < -0.3 is 10.8 Å². The molecule has 0 amide bonds. The van der Waals surface area contributed by atoms with Crippen LogP contribution in [0.15, 0.2) is 23.1 Å². The highest BCUT2D eigenvalue weighted by molar-refractivity contribution is 7.89. The lowest BCUT2D eigenvalue weighted by Crippen LogP contribution is -2.14. The minimum absolute atomic E-state index is 0.0670. The van der Waals surface area contributed by atoms with Gasteiger partial charge >= 0.3 is 0 Å². The molecule has 6 N–H and O–H groups in total. The van der Waals surface area contributed by atoms with E-state index in [0.717, 1.165) is 6.07 Å². The molecular weight excluding hydrogens is 206 g/mol. The molecule has 0 saturated carbocycles.